The average molecular weight is 409 g/mol. The number of thiophene rings is 1. The van der Waals surface area contributed by atoms with Crippen LogP contribution in [0.2, 0.25) is 0 Å². The summed E-state index contributed by atoms with van der Waals surface area (Å²) >= 11 is 1.19. The molecule has 2 heterocycles. The Balaban J connectivity index is 1.74. The lowest BCUT2D eigenvalue weighted by Gasteiger charge is -2.32. The Kier molecular flexibility index (Phi) is 5.69. The SMILES string of the molecule is CC(=O)c1cc(C(=O)N2CCC[C@@H](C(=O)c3cccc(C(F)(F)F)c3)C2)cs1. The Hall–Kier alpha value is -2.48. The fourth-order valence-electron chi connectivity index (χ4n) is 3.28. The highest BCUT2D eigenvalue weighted by Gasteiger charge is 2.33. The van der Waals surface area contributed by atoms with Gasteiger partial charge in [0.15, 0.2) is 11.6 Å². The van der Waals surface area contributed by atoms with Crippen LogP contribution in [-0.4, -0.2) is 35.5 Å². The van der Waals surface area contributed by atoms with Gasteiger partial charge in [-0.3, -0.25) is 14.4 Å². The number of benzene rings is 1. The van der Waals surface area contributed by atoms with E-state index < -0.39 is 23.4 Å². The van der Waals surface area contributed by atoms with E-state index in [2.05, 4.69) is 0 Å². The first-order chi connectivity index (χ1) is 13.2. The predicted octanol–water partition coefficient (Wildman–Crippen LogP) is 4.70. The fraction of sp³-hybridized carbons (Fsp3) is 0.350. The second-order valence-electron chi connectivity index (χ2n) is 6.79. The summed E-state index contributed by atoms with van der Waals surface area (Å²) in [6, 6.07) is 5.91. The van der Waals surface area contributed by atoms with E-state index in [9.17, 15) is 27.6 Å². The van der Waals surface area contributed by atoms with Gasteiger partial charge < -0.3 is 4.90 Å². The molecular weight excluding hydrogens is 391 g/mol. The van der Waals surface area contributed by atoms with Gasteiger partial charge in [-0.25, -0.2) is 0 Å². The van der Waals surface area contributed by atoms with Gasteiger partial charge in [0.1, 0.15) is 0 Å². The van der Waals surface area contributed by atoms with Crippen LogP contribution < -0.4 is 0 Å². The number of piperidine rings is 1. The van der Waals surface area contributed by atoms with Gasteiger partial charge in [0.25, 0.3) is 5.91 Å². The summed E-state index contributed by atoms with van der Waals surface area (Å²) in [5, 5.41) is 1.61. The second-order valence-corrected chi connectivity index (χ2v) is 7.70. The normalized spacial score (nSPS) is 17.4. The van der Waals surface area contributed by atoms with Crippen LogP contribution in [0.1, 0.15) is 55.7 Å². The van der Waals surface area contributed by atoms with Crippen molar-refractivity contribution < 1.29 is 27.6 Å². The monoisotopic (exact) mass is 409 g/mol. The van der Waals surface area contributed by atoms with Crippen molar-refractivity contribution in [2.75, 3.05) is 13.1 Å². The van der Waals surface area contributed by atoms with Crippen molar-refractivity contribution in [1.29, 1.82) is 0 Å². The van der Waals surface area contributed by atoms with E-state index >= 15 is 0 Å². The van der Waals surface area contributed by atoms with Crippen LogP contribution >= 0.6 is 11.3 Å². The summed E-state index contributed by atoms with van der Waals surface area (Å²) in [7, 11) is 0. The molecule has 1 fully saturated rings. The number of halogens is 3. The molecule has 3 rings (SSSR count). The Labute approximate surface area is 164 Å². The van der Waals surface area contributed by atoms with E-state index in [1.165, 1.54) is 41.4 Å². The van der Waals surface area contributed by atoms with Gasteiger partial charge in [-0.05, 0) is 38.0 Å². The van der Waals surface area contributed by atoms with Crippen molar-refractivity contribution in [1.82, 2.24) is 4.90 Å². The molecule has 0 unspecified atom stereocenters. The number of carbonyl (C=O) groups excluding carboxylic acids is 3. The number of hydrogen-bond donors (Lipinski definition) is 0. The molecule has 2 aromatic rings. The molecule has 0 N–H and O–H groups in total. The Bertz CT molecular complexity index is 919. The summed E-state index contributed by atoms with van der Waals surface area (Å²) in [4.78, 5) is 38.8. The van der Waals surface area contributed by atoms with Gasteiger partial charge in [0.2, 0.25) is 0 Å². The molecule has 148 valence electrons. The maximum absolute atomic E-state index is 12.9. The number of alkyl halides is 3. The lowest BCUT2D eigenvalue weighted by molar-refractivity contribution is -0.137. The predicted molar refractivity (Wildman–Crippen MR) is 98.7 cm³/mol. The molecule has 0 radical (unpaired) electrons. The number of carbonyl (C=O) groups is 3. The minimum Gasteiger partial charge on any atom is -0.338 e. The molecular formula is C20H18F3NO3S. The lowest BCUT2D eigenvalue weighted by atomic mass is 9.89. The van der Waals surface area contributed by atoms with Crippen molar-refractivity contribution in [2.45, 2.75) is 25.9 Å². The van der Waals surface area contributed by atoms with Crippen molar-refractivity contribution in [3.8, 4) is 0 Å². The van der Waals surface area contributed by atoms with Gasteiger partial charge in [-0.2, -0.15) is 13.2 Å². The van der Waals surface area contributed by atoms with Gasteiger partial charge in [-0.15, -0.1) is 11.3 Å². The van der Waals surface area contributed by atoms with Crippen LogP contribution in [0.25, 0.3) is 0 Å². The molecule has 1 amide bonds. The molecule has 0 spiro atoms. The number of rotatable bonds is 4. The third-order valence-electron chi connectivity index (χ3n) is 4.75. The van der Waals surface area contributed by atoms with E-state index in [1.54, 1.807) is 5.38 Å². The Morgan fingerprint density at radius 1 is 1.14 bits per heavy atom. The largest absolute Gasteiger partial charge is 0.416 e. The van der Waals surface area contributed by atoms with E-state index in [0.717, 1.165) is 12.1 Å². The topological polar surface area (TPSA) is 54.5 Å². The third-order valence-corrected chi connectivity index (χ3v) is 5.78. The number of hydrogen-bond acceptors (Lipinski definition) is 4. The minimum absolute atomic E-state index is 0.00326. The van der Waals surface area contributed by atoms with Gasteiger partial charge >= 0.3 is 6.18 Å². The van der Waals surface area contributed by atoms with E-state index in [0.29, 0.717) is 29.8 Å². The quantitative estimate of drug-likeness (QED) is 0.688. The summed E-state index contributed by atoms with van der Waals surface area (Å²) in [6.45, 7) is 2.04. The van der Waals surface area contributed by atoms with E-state index in [4.69, 9.17) is 0 Å². The molecule has 1 saturated heterocycles. The number of ketones is 2. The van der Waals surface area contributed by atoms with Crippen molar-refractivity contribution in [2.24, 2.45) is 5.92 Å². The zero-order chi connectivity index (χ0) is 20.5. The molecule has 1 aliphatic rings. The zero-order valence-corrected chi connectivity index (χ0v) is 15.9. The molecule has 0 aliphatic carbocycles. The summed E-state index contributed by atoms with van der Waals surface area (Å²) in [5.41, 5.74) is -0.469. The number of likely N-dealkylation sites (tertiary alicyclic amines) is 1. The highest BCUT2D eigenvalue weighted by Crippen LogP contribution is 2.31. The highest BCUT2D eigenvalue weighted by atomic mass is 32.1. The molecule has 1 atom stereocenters. The third kappa shape index (κ3) is 4.32. The Morgan fingerprint density at radius 3 is 2.54 bits per heavy atom. The van der Waals surface area contributed by atoms with Crippen LogP contribution in [0, 0.1) is 5.92 Å². The minimum atomic E-state index is -4.52. The molecule has 8 heteroatoms. The number of Topliss-reactive ketones (excluding diaryl/α,β-unsaturated/α-hetero) is 2. The molecule has 1 aromatic heterocycles. The van der Waals surface area contributed by atoms with Gasteiger partial charge in [0.05, 0.1) is 16.0 Å². The smallest absolute Gasteiger partial charge is 0.338 e. The number of amides is 1. The second kappa shape index (κ2) is 7.87. The van der Waals surface area contributed by atoms with Crippen molar-refractivity contribution in [3.63, 3.8) is 0 Å². The molecule has 1 aromatic carbocycles. The highest BCUT2D eigenvalue weighted by molar-refractivity contribution is 7.12. The molecule has 1 aliphatic heterocycles. The van der Waals surface area contributed by atoms with Crippen molar-refractivity contribution >= 4 is 28.8 Å². The van der Waals surface area contributed by atoms with Crippen LogP contribution in [0.3, 0.4) is 0 Å². The summed E-state index contributed by atoms with van der Waals surface area (Å²) < 4.78 is 38.7. The summed E-state index contributed by atoms with van der Waals surface area (Å²) in [6.07, 6.45) is -3.41. The Morgan fingerprint density at radius 2 is 1.89 bits per heavy atom. The van der Waals surface area contributed by atoms with Crippen molar-refractivity contribution in [3.05, 3.63) is 57.3 Å². The fourth-order valence-corrected chi connectivity index (χ4v) is 4.06. The van der Waals surface area contributed by atoms with E-state index in [-0.39, 0.29) is 23.8 Å². The molecule has 0 saturated carbocycles. The van der Waals surface area contributed by atoms with Gasteiger partial charge in [0, 0.05) is 30.0 Å². The van der Waals surface area contributed by atoms with Crippen LogP contribution in [0.15, 0.2) is 35.7 Å². The zero-order valence-electron chi connectivity index (χ0n) is 15.1. The number of nitrogens with zero attached hydrogens (tertiary/aromatic N) is 1. The average Bonchev–Trinajstić information content (AvgIpc) is 3.17. The maximum Gasteiger partial charge on any atom is 0.416 e. The molecule has 0 bridgehead atoms. The lowest BCUT2D eigenvalue weighted by Crippen LogP contribution is -2.42. The first-order valence-electron chi connectivity index (χ1n) is 8.77. The standard InChI is InChI=1S/C20H18F3NO3S/c1-12(25)17-9-15(11-28-17)19(27)24-7-3-5-14(10-24)18(26)13-4-2-6-16(8-13)20(21,22)23/h2,4,6,8-9,11,14H,3,5,7,10H2,1H3/t14-/m1/s1. The molecule has 28 heavy (non-hydrogen) atoms. The first-order valence-corrected chi connectivity index (χ1v) is 9.65. The van der Waals surface area contributed by atoms with Crippen LogP contribution in [0.4, 0.5) is 13.2 Å². The van der Waals surface area contributed by atoms with E-state index in [1.807, 2.05) is 0 Å². The van der Waals surface area contributed by atoms with Crippen LogP contribution in [-0.2, 0) is 6.18 Å². The van der Waals surface area contributed by atoms with Gasteiger partial charge in [-0.1, -0.05) is 12.1 Å². The first kappa shape index (κ1) is 20.3. The van der Waals surface area contributed by atoms with Crippen LogP contribution in [0.5, 0.6) is 0 Å². The maximum atomic E-state index is 12.9. The molecule has 4 nitrogen and oxygen atoms in total. The summed E-state index contributed by atoms with van der Waals surface area (Å²) in [5.74, 6) is -1.34.